The number of aromatic nitrogens is 2. The molecule has 6 heteroatoms. The maximum Gasteiger partial charge on any atom is 0.228 e. The van der Waals surface area contributed by atoms with E-state index in [4.69, 9.17) is 0 Å². The smallest absolute Gasteiger partial charge is 0.228 e. The number of imidazole rings is 1. The van der Waals surface area contributed by atoms with Crippen molar-refractivity contribution in [1.82, 2.24) is 19.2 Å². The fourth-order valence-corrected chi connectivity index (χ4v) is 4.33. The van der Waals surface area contributed by atoms with E-state index in [1.807, 2.05) is 44.8 Å². The van der Waals surface area contributed by atoms with Gasteiger partial charge in [0.25, 0.3) is 0 Å². The van der Waals surface area contributed by atoms with Crippen molar-refractivity contribution in [3.05, 3.63) is 36.3 Å². The van der Waals surface area contributed by atoms with E-state index in [0.29, 0.717) is 39.0 Å². The van der Waals surface area contributed by atoms with E-state index in [1.165, 1.54) is 25.7 Å². The number of nitrogens with zero attached hydrogens (tertiary/aromatic N) is 4. The summed E-state index contributed by atoms with van der Waals surface area (Å²) in [6, 6.07) is 5.82. The summed E-state index contributed by atoms with van der Waals surface area (Å²) in [6.45, 7) is 2.56. The third kappa shape index (κ3) is 4.31. The number of piperazine rings is 1. The van der Waals surface area contributed by atoms with Crippen LogP contribution in [-0.2, 0) is 16.0 Å². The Hall–Kier alpha value is -2.37. The lowest BCUT2D eigenvalue weighted by Gasteiger charge is -2.35. The van der Waals surface area contributed by atoms with E-state index in [-0.39, 0.29) is 11.8 Å². The van der Waals surface area contributed by atoms with Gasteiger partial charge in [-0.1, -0.05) is 31.7 Å². The number of fused-ring (bicyclic) bond motifs is 1. The zero-order valence-electron chi connectivity index (χ0n) is 15.8. The van der Waals surface area contributed by atoms with Gasteiger partial charge in [-0.3, -0.25) is 9.59 Å². The highest BCUT2D eigenvalue weighted by Crippen LogP contribution is 2.28. The minimum atomic E-state index is 0.0939. The standard InChI is InChI=1S/C21H28N4O2/c26-20(9-8-17-5-1-2-6-17)23-11-13-24(14-12-23)21(27)15-18-16-25-10-4-3-7-19(25)22-18/h3-4,7,10,16-17H,1-2,5-6,8-9,11-15H2. The summed E-state index contributed by atoms with van der Waals surface area (Å²) in [7, 11) is 0. The van der Waals surface area contributed by atoms with Crippen LogP contribution in [0.15, 0.2) is 30.6 Å². The molecule has 0 unspecified atom stereocenters. The second-order valence-corrected chi connectivity index (χ2v) is 7.83. The number of hydrogen-bond acceptors (Lipinski definition) is 3. The predicted molar refractivity (Wildman–Crippen MR) is 103 cm³/mol. The molecule has 2 aromatic heterocycles. The molecule has 2 aliphatic rings. The third-order valence-electron chi connectivity index (χ3n) is 5.97. The molecular formula is C21H28N4O2. The maximum atomic E-state index is 12.6. The fourth-order valence-electron chi connectivity index (χ4n) is 4.33. The van der Waals surface area contributed by atoms with Gasteiger partial charge in [0.15, 0.2) is 0 Å². The minimum absolute atomic E-state index is 0.0939. The van der Waals surface area contributed by atoms with Gasteiger partial charge < -0.3 is 14.2 Å². The molecule has 0 N–H and O–H groups in total. The molecule has 1 saturated heterocycles. The van der Waals surface area contributed by atoms with Crippen LogP contribution >= 0.6 is 0 Å². The van der Waals surface area contributed by atoms with Gasteiger partial charge in [0.2, 0.25) is 11.8 Å². The van der Waals surface area contributed by atoms with Gasteiger partial charge in [-0.2, -0.15) is 0 Å². The quantitative estimate of drug-likeness (QED) is 0.815. The van der Waals surface area contributed by atoms with Crippen molar-refractivity contribution in [2.24, 2.45) is 5.92 Å². The molecular weight excluding hydrogens is 340 g/mol. The van der Waals surface area contributed by atoms with Gasteiger partial charge in [0, 0.05) is 45.0 Å². The summed E-state index contributed by atoms with van der Waals surface area (Å²) >= 11 is 0. The van der Waals surface area contributed by atoms with E-state index < -0.39 is 0 Å². The molecule has 1 aliphatic heterocycles. The molecule has 3 heterocycles. The van der Waals surface area contributed by atoms with Crippen LogP contribution in [0.25, 0.3) is 5.65 Å². The largest absolute Gasteiger partial charge is 0.339 e. The van der Waals surface area contributed by atoms with Crippen LogP contribution in [-0.4, -0.2) is 57.2 Å². The van der Waals surface area contributed by atoms with Gasteiger partial charge in [0.1, 0.15) is 5.65 Å². The van der Waals surface area contributed by atoms with Gasteiger partial charge in [-0.15, -0.1) is 0 Å². The molecule has 1 saturated carbocycles. The average molecular weight is 368 g/mol. The lowest BCUT2D eigenvalue weighted by Crippen LogP contribution is -2.51. The molecule has 0 spiro atoms. The lowest BCUT2D eigenvalue weighted by atomic mass is 10.0. The Morgan fingerprint density at radius 1 is 1.00 bits per heavy atom. The van der Waals surface area contributed by atoms with Crippen LogP contribution in [0.1, 0.15) is 44.2 Å². The molecule has 4 rings (SSSR count). The van der Waals surface area contributed by atoms with Crippen molar-refractivity contribution in [2.45, 2.75) is 44.9 Å². The third-order valence-corrected chi connectivity index (χ3v) is 5.97. The van der Waals surface area contributed by atoms with Crippen molar-refractivity contribution in [2.75, 3.05) is 26.2 Å². The van der Waals surface area contributed by atoms with Gasteiger partial charge in [-0.25, -0.2) is 4.98 Å². The van der Waals surface area contributed by atoms with E-state index in [2.05, 4.69) is 4.98 Å². The molecule has 0 radical (unpaired) electrons. The van der Waals surface area contributed by atoms with Crippen molar-refractivity contribution < 1.29 is 9.59 Å². The highest BCUT2D eigenvalue weighted by Gasteiger charge is 2.25. The Balaban J connectivity index is 1.24. The van der Waals surface area contributed by atoms with Crippen molar-refractivity contribution >= 4 is 17.5 Å². The Bertz CT molecular complexity index is 768. The first-order valence-corrected chi connectivity index (χ1v) is 10.2. The number of carbonyl (C=O) groups is 2. The Kier molecular flexibility index (Phi) is 5.41. The Morgan fingerprint density at radius 3 is 2.41 bits per heavy atom. The van der Waals surface area contributed by atoms with Crippen molar-refractivity contribution in [3.63, 3.8) is 0 Å². The first kappa shape index (κ1) is 18.0. The van der Waals surface area contributed by atoms with Crippen LogP contribution < -0.4 is 0 Å². The number of amides is 2. The molecule has 0 aromatic carbocycles. The Labute approximate surface area is 160 Å². The molecule has 2 amide bonds. The number of rotatable bonds is 5. The van der Waals surface area contributed by atoms with Crippen LogP contribution in [0.2, 0.25) is 0 Å². The van der Waals surface area contributed by atoms with Crippen LogP contribution in [0.5, 0.6) is 0 Å². The summed E-state index contributed by atoms with van der Waals surface area (Å²) in [4.78, 5) is 33.3. The van der Waals surface area contributed by atoms with E-state index in [1.54, 1.807) is 0 Å². The Morgan fingerprint density at radius 2 is 1.70 bits per heavy atom. The molecule has 0 bridgehead atoms. The van der Waals surface area contributed by atoms with Gasteiger partial charge in [-0.05, 0) is 24.5 Å². The molecule has 144 valence electrons. The van der Waals surface area contributed by atoms with Crippen molar-refractivity contribution in [3.8, 4) is 0 Å². The molecule has 0 atom stereocenters. The van der Waals surface area contributed by atoms with Gasteiger partial charge >= 0.3 is 0 Å². The number of carbonyl (C=O) groups excluding carboxylic acids is 2. The number of hydrogen-bond donors (Lipinski definition) is 0. The van der Waals surface area contributed by atoms with E-state index in [9.17, 15) is 9.59 Å². The topological polar surface area (TPSA) is 57.9 Å². The molecule has 2 aromatic rings. The molecule has 6 nitrogen and oxygen atoms in total. The normalized spacial score (nSPS) is 18.4. The molecule has 27 heavy (non-hydrogen) atoms. The second-order valence-electron chi connectivity index (χ2n) is 7.83. The first-order valence-electron chi connectivity index (χ1n) is 10.2. The highest BCUT2D eigenvalue weighted by atomic mass is 16.2. The zero-order valence-corrected chi connectivity index (χ0v) is 15.8. The molecule has 1 aliphatic carbocycles. The lowest BCUT2D eigenvalue weighted by molar-refractivity contribution is -0.139. The summed E-state index contributed by atoms with van der Waals surface area (Å²) in [5.41, 5.74) is 1.65. The van der Waals surface area contributed by atoms with Crippen molar-refractivity contribution in [1.29, 1.82) is 0 Å². The summed E-state index contributed by atoms with van der Waals surface area (Å²) in [6.07, 6.45) is 11.1. The molecule has 2 fully saturated rings. The zero-order chi connectivity index (χ0) is 18.6. The van der Waals surface area contributed by atoms with Crippen LogP contribution in [0.4, 0.5) is 0 Å². The summed E-state index contributed by atoms with van der Waals surface area (Å²) in [5, 5.41) is 0. The van der Waals surface area contributed by atoms with Crippen LogP contribution in [0, 0.1) is 5.92 Å². The average Bonchev–Trinajstić information content (AvgIpc) is 3.35. The second kappa shape index (κ2) is 8.11. The van der Waals surface area contributed by atoms with E-state index >= 15 is 0 Å². The number of pyridine rings is 1. The predicted octanol–water partition coefficient (Wildman–Crippen LogP) is 2.52. The minimum Gasteiger partial charge on any atom is -0.339 e. The monoisotopic (exact) mass is 368 g/mol. The first-order chi connectivity index (χ1) is 13.2. The maximum absolute atomic E-state index is 12.6. The summed E-state index contributed by atoms with van der Waals surface area (Å²) in [5.74, 6) is 1.10. The fraction of sp³-hybridized carbons (Fsp3) is 0.571. The SMILES string of the molecule is O=C(CCC1CCCC1)N1CCN(C(=O)Cc2cn3ccccc3n2)CC1. The van der Waals surface area contributed by atoms with Crippen LogP contribution in [0.3, 0.4) is 0 Å². The summed E-state index contributed by atoms with van der Waals surface area (Å²) < 4.78 is 1.93. The highest BCUT2D eigenvalue weighted by molar-refractivity contribution is 5.80. The van der Waals surface area contributed by atoms with E-state index in [0.717, 1.165) is 23.7 Å². The van der Waals surface area contributed by atoms with Gasteiger partial charge in [0.05, 0.1) is 12.1 Å².